The Morgan fingerprint density at radius 1 is 1.29 bits per heavy atom. The number of esters is 1. The van der Waals surface area contributed by atoms with Crippen LogP contribution in [0.5, 0.6) is 0 Å². The topological polar surface area (TPSA) is 26.3 Å². The molecule has 0 aromatic rings. The van der Waals surface area contributed by atoms with Gasteiger partial charge in [-0.3, -0.25) is 4.79 Å². The Morgan fingerprint density at radius 3 is 2.35 bits per heavy atom. The smallest absolute Gasteiger partial charge is 0.308 e. The van der Waals surface area contributed by atoms with Crippen LogP contribution in [-0.4, -0.2) is 11.6 Å². The molecule has 100 valence electrons. The molecule has 0 aliphatic heterocycles. The van der Waals surface area contributed by atoms with E-state index in [0.717, 1.165) is 18.8 Å². The highest BCUT2D eigenvalue weighted by molar-refractivity contribution is 5.72. The zero-order valence-electron chi connectivity index (χ0n) is 11.9. The standard InChI is InChI=1S/C15H28O2/c1-5-15(4,17-14(16)12(2)3)11-13-9-7-6-8-10-13/h12-13H,5-11H2,1-4H3. The predicted molar refractivity (Wildman–Crippen MR) is 70.8 cm³/mol. The average molecular weight is 240 g/mol. The van der Waals surface area contributed by atoms with E-state index >= 15 is 0 Å². The highest BCUT2D eigenvalue weighted by Crippen LogP contribution is 2.34. The van der Waals surface area contributed by atoms with Crippen LogP contribution in [0.4, 0.5) is 0 Å². The van der Waals surface area contributed by atoms with Crippen molar-refractivity contribution < 1.29 is 9.53 Å². The van der Waals surface area contributed by atoms with Gasteiger partial charge in [0.2, 0.25) is 0 Å². The number of rotatable bonds is 5. The molecule has 0 heterocycles. The molecule has 0 N–H and O–H groups in total. The van der Waals surface area contributed by atoms with Crippen LogP contribution in [0.15, 0.2) is 0 Å². The summed E-state index contributed by atoms with van der Waals surface area (Å²) in [4.78, 5) is 11.7. The summed E-state index contributed by atoms with van der Waals surface area (Å²) >= 11 is 0. The molecule has 0 bridgehead atoms. The van der Waals surface area contributed by atoms with Gasteiger partial charge in [-0.2, -0.15) is 0 Å². The summed E-state index contributed by atoms with van der Waals surface area (Å²) in [7, 11) is 0. The molecule has 1 aliphatic rings. The van der Waals surface area contributed by atoms with E-state index in [0.29, 0.717) is 0 Å². The van der Waals surface area contributed by atoms with Crippen molar-refractivity contribution in [3.63, 3.8) is 0 Å². The Hall–Kier alpha value is -0.530. The van der Waals surface area contributed by atoms with Gasteiger partial charge in [0.1, 0.15) is 5.60 Å². The average Bonchev–Trinajstić information content (AvgIpc) is 2.30. The molecule has 17 heavy (non-hydrogen) atoms. The van der Waals surface area contributed by atoms with E-state index in [1.54, 1.807) is 0 Å². The lowest BCUT2D eigenvalue weighted by Gasteiger charge is -2.34. The molecule has 0 aromatic carbocycles. The zero-order valence-corrected chi connectivity index (χ0v) is 11.9. The number of hydrogen-bond acceptors (Lipinski definition) is 2. The van der Waals surface area contributed by atoms with Crippen LogP contribution in [0.25, 0.3) is 0 Å². The molecular formula is C15H28O2. The van der Waals surface area contributed by atoms with Gasteiger partial charge >= 0.3 is 5.97 Å². The molecular weight excluding hydrogens is 212 g/mol. The molecule has 1 rings (SSSR count). The van der Waals surface area contributed by atoms with Crippen molar-refractivity contribution in [3.8, 4) is 0 Å². The summed E-state index contributed by atoms with van der Waals surface area (Å²) in [6, 6.07) is 0. The Labute approximate surface area is 106 Å². The summed E-state index contributed by atoms with van der Waals surface area (Å²) < 4.78 is 5.71. The van der Waals surface area contributed by atoms with E-state index in [2.05, 4.69) is 13.8 Å². The molecule has 1 aliphatic carbocycles. The fourth-order valence-electron chi connectivity index (χ4n) is 2.62. The normalized spacial score (nSPS) is 21.2. The first-order valence-electron chi connectivity index (χ1n) is 7.19. The number of ether oxygens (including phenoxy) is 1. The highest BCUT2D eigenvalue weighted by atomic mass is 16.6. The van der Waals surface area contributed by atoms with E-state index in [-0.39, 0.29) is 17.5 Å². The second-order valence-electron chi connectivity index (χ2n) is 6.09. The molecule has 0 saturated heterocycles. The second-order valence-corrected chi connectivity index (χ2v) is 6.09. The van der Waals surface area contributed by atoms with Crippen LogP contribution in [0.3, 0.4) is 0 Å². The third kappa shape index (κ3) is 4.69. The number of hydrogen-bond donors (Lipinski definition) is 0. The summed E-state index contributed by atoms with van der Waals surface area (Å²) in [5.74, 6) is 0.686. The van der Waals surface area contributed by atoms with Crippen molar-refractivity contribution in [3.05, 3.63) is 0 Å². The van der Waals surface area contributed by atoms with E-state index in [1.165, 1.54) is 32.1 Å². The fraction of sp³-hybridized carbons (Fsp3) is 0.933. The third-order valence-corrected chi connectivity index (χ3v) is 4.01. The quantitative estimate of drug-likeness (QED) is 0.669. The molecule has 1 atom stereocenters. The fourth-order valence-corrected chi connectivity index (χ4v) is 2.62. The molecule has 2 nitrogen and oxygen atoms in total. The van der Waals surface area contributed by atoms with Crippen LogP contribution in [0.2, 0.25) is 0 Å². The Balaban J connectivity index is 2.51. The number of carbonyl (C=O) groups excluding carboxylic acids is 1. The van der Waals surface area contributed by atoms with Gasteiger partial charge in [-0.15, -0.1) is 0 Å². The van der Waals surface area contributed by atoms with Gasteiger partial charge in [0.25, 0.3) is 0 Å². The first-order valence-corrected chi connectivity index (χ1v) is 7.19. The van der Waals surface area contributed by atoms with E-state index in [1.807, 2.05) is 13.8 Å². The van der Waals surface area contributed by atoms with Gasteiger partial charge in [0.05, 0.1) is 5.92 Å². The van der Waals surface area contributed by atoms with Crippen LogP contribution < -0.4 is 0 Å². The maximum Gasteiger partial charge on any atom is 0.308 e. The van der Waals surface area contributed by atoms with Crippen molar-refractivity contribution in [1.82, 2.24) is 0 Å². The molecule has 0 aromatic heterocycles. The first kappa shape index (κ1) is 14.5. The highest BCUT2D eigenvalue weighted by Gasteiger charge is 2.31. The molecule has 0 radical (unpaired) electrons. The first-order chi connectivity index (χ1) is 7.97. The van der Waals surface area contributed by atoms with Gasteiger partial charge in [0, 0.05) is 0 Å². The van der Waals surface area contributed by atoms with Crippen LogP contribution in [0, 0.1) is 11.8 Å². The van der Waals surface area contributed by atoms with Crippen LogP contribution in [-0.2, 0) is 9.53 Å². The molecule has 1 saturated carbocycles. The molecule has 1 unspecified atom stereocenters. The minimum atomic E-state index is -0.247. The Morgan fingerprint density at radius 2 is 1.88 bits per heavy atom. The van der Waals surface area contributed by atoms with Gasteiger partial charge in [-0.25, -0.2) is 0 Å². The van der Waals surface area contributed by atoms with Crippen LogP contribution >= 0.6 is 0 Å². The van der Waals surface area contributed by atoms with Gasteiger partial charge in [-0.05, 0) is 25.7 Å². The lowest BCUT2D eigenvalue weighted by atomic mass is 9.80. The van der Waals surface area contributed by atoms with Crippen molar-refractivity contribution in [2.24, 2.45) is 11.8 Å². The van der Waals surface area contributed by atoms with Crippen molar-refractivity contribution in [2.75, 3.05) is 0 Å². The summed E-state index contributed by atoms with van der Waals surface area (Å²) in [6.45, 7) is 8.02. The minimum absolute atomic E-state index is 0.0211. The molecule has 2 heteroatoms. The summed E-state index contributed by atoms with van der Waals surface area (Å²) in [5, 5.41) is 0. The molecule has 0 spiro atoms. The van der Waals surface area contributed by atoms with E-state index < -0.39 is 0 Å². The largest absolute Gasteiger partial charge is 0.459 e. The van der Waals surface area contributed by atoms with Crippen molar-refractivity contribution in [1.29, 1.82) is 0 Å². The second kappa shape index (κ2) is 6.42. The van der Waals surface area contributed by atoms with E-state index in [4.69, 9.17) is 4.74 Å². The molecule has 1 fully saturated rings. The van der Waals surface area contributed by atoms with Gasteiger partial charge < -0.3 is 4.74 Å². The van der Waals surface area contributed by atoms with Gasteiger partial charge in [-0.1, -0.05) is 52.9 Å². The lowest BCUT2D eigenvalue weighted by molar-refractivity contribution is -0.164. The summed E-state index contributed by atoms with van der Waals surface area (Å²) in [5.41, 5.74) is -0.247. The lowest BCUT2D eigenvalue weighted by Crippen LogP contribution is -2.35. The zero-order chi connectivity index (χ0) is 12.9. The molecule has 0 amide bonds. The van der Waals surface area contributed by atoms with Gasteiger partial charge in [0.15, 0.2) is 0 Å². The summed E-state index contributed by atoms with van der Waals surface area (Å²) in [6.07, 6.45) is 8.67. The number of carbonyl (C=O) groups is 1. The predicted octanol–water partition coefficient (Wildman–Crippen LogP) is 4.32. The Bertz CT molecular complexity index is 241. The monoisotopic (exact) mass is 240 g/mol. The maximum absolute atomic E-state index is 11.7. The van der Waals surface area contributed by atoms with Crippen molar-refractivity contribution >= 4 is 5.97 Å². The Kier molecular flexibility index (Phi) is 5.48. The van der Waals surface area contributed by atoms with Crippen LogP contribution in [0.1, 0.15) is 72.6 Å². The maximum atomic E-state index is 11.7. The third-order valence-electron chi connectivity index (χ3n) is 4.01. The minimum Gasteiger partial charge on any atom is -0.459 e. The SMILES string of the molecule is CCC(C)(CC1CCCCC1)OC(=O)C(C)C. The van der Waals surface area contributed by atoms with E-state index in [9.17, 15) is 4.79 Å². The van der Waals surface area contributed by atoms with Crippen molar-refractivity contribution in [2.45, 2.75) is 78.2 Å².